The van der Waals surface area contributed by atoms with Crippen LogP contribution in [0.25, 0.3) is 0 Å². The number of nitrogens with zero attached hydrogens (tertiary/aromatic N) is 1. The number of carboxylic acids is 1. The fraction of sp³-hybridized carbons (Fsp3) is 0.550. The maximum atomic E-state index is 12.6. The molecule has 6 heteroatoms. The third kappa shape index (κ3) is 4.62. The number of aryl methyl sites for hydroxylation is 3. The summed E-state index contributed by atoms with van der Waals surface area (Å²) in [6.07, 6.45) is 0.507. The van der Waals surface area contributed by atoms with Crippen LogP contribution in [0.1, 0.15) is 49.8 Å². The molecule has 1 aromatic carbocycles. The molecule has 2 amide bonds. The fourth-order valence-corrected chi connectivity index (χ4v) is 3.61. The Kier molecular flexibility index (Phi) is 5.74. The Hall–Kier alpha value is -2.37. The van der Waals surface area contributed by atoms with Crippen molar-refractivity contribution in [3.63, 3.8) is 0 Å². The minimum Gasteiger partial charge on any atom is -0.481 e. The Morgan fingerprint density at radius 3 is 2.35 bits per heavy atom. The minimum atomic E-state index is -0.889. The zero-order chi connectivity index (χ0) is 19.6. The highest BCUT2D eigenvalue weighted by atomic mass is 16.4. The molecule has 1 atom stereocenters. The first kappa shape index (κ1) is 19.9. The lowest BCUT2D eigenvalue weighted by Gasteiger charge is -2.27. The van der Waals surface area contributed by atoms with E-state index in [4.69, 9.17) is 5.11 Å². The highest BCUT2D eigenvalue weighted by Gasteiger charge is 2.37. The van der Waals surface area contributed by atoms with E-state index in [0.717, 1.165) is 22.4 Å². The first-order valence-electron chi connectivity index (χ1n) is 8.92. The number of carboxylic acid groups (broad SMARTS) is 1. The molecule has 1 aromatic rings. The van der Waals surface area contributed by atoms with Gasteiger partial charge in [0, 0.05) is 30.6 Å². The molecule has 2 rings (SSSR count). The maximum absolute atomic E-state index is 12.6. The summed E-state index contributed by atoms with van der Waals surface area (Å²) >= 11 is 0. The van der Waals surface area contributed by atoms with E-state index in [1.165, 1.54) is 0 Å². The predicted molar refractivity (Wildman–Crippen MR) is 100 cm³/mol. The second-order valence-electron chi connectivity index (χ2n) is 7.92. The number of carbonyl (C=O) groups excluding carboxylic acids is 2. The van der Waals surface area contributed by atoms with Gasteiger partial charge < -0.3 is 15.3 Å². The van der Waals surface area contributed by atoms with Crippen LogP contribution in [0, 0.1) is 26.7 Å². The van der Waals surface area contributed by atoms with Gasteiger partial charge in [-0.05, 0) is 52.2 Å². The highest BCUT2D eigenvalue weighted by molar-refractivity contribution is 6.01. The lowest BCUT2D eigenvalue weighted by Crippen LogP contribution is -2.47. The molecular weight excluding hydrogens is 332 g/mol. The largest absolute Gasteiger partial charge is 0.481 e. The van der Waals surface area contributed by atoms with Crippen molar-refractivity contribution in [2.45, 2.75) is 59.4 Å². The van der Waals surface area contributed by atoms with Gasteiger partial charge in [-0.1, -0.05) is 17.7 Å². The van der Waals surface area contributed by atoms with Crippen molar-refractivity contribution < 1.29 is 19.5 Å². The van der Waals surface area contributed by atoms with Gasteiger partial charge in [-0.15, -0.1) is 0 Å². The van der Waals surface area contributed by atoms with Crippen molar-refractivity contribution in [2.75, 3.05) is 11.4 Å². The average Bonchev–Trinajstić information content (AvgIpc) is 2.86. The van der Waals surface area contributed by atoms with E-state index in [1.807, 2.05) is 32.9 Å². The van der Waals surface area contributed by atoms with E-state index in [0.29, 0.717) is 13.0 Å². The molecule has 1 saturated heterocycles. The van der Waals surface area contributed by atoms with Crippen LogP contribution >= 0.6 is 0 Å². The SMILES string of the molecule is Cc1cc(C)c(N2CC(C(=O)NC(C)(C)CCC(=O)O)CC2=O)c(C)c1. The van der Waals surface area contributed by atoms with Gasteiger partial charge in [0.2, 0.25) is 11.8 Å². The molecule has 6 nitrogen and oxygen atoms in total. The van der Waals surface area contributed by atoms with E-state index in [2.05, 4.69) is 5.32 Å². The average molecular weight is 360 g/mol. The van der Waals surface area contributed by atoms with Crippen LogP contribution < -0.4 is 10.2 Å². The molecule has 0 radical (unpaired) electrons. The lowest BCUT2D eigenvalue weighted by molar-refractivity contribution is -0.138. The van der Waals surface area contributed by atoms with Crippen molar-refractivity contribution in [1.29, 1.82) is 0 Å². The molecular formula is C20H28N2O4. The molecule has 1 aliphatic heterocycles. The van der Waals surface area contributed by atoms with Crippen LogP contribution in [0.3, 0.4) is 0 Å². The van der Waals surface area contributed by atoms with E-state index < -0.39 is 17.4 Å². The Labute approximate surface area is 154 Å². The number of nitrogens with one attached hydrogen (secondary N) is 1. The van der Waals surface area contributed by atoms with Gasteiger partial charge in [-0.2, -0.15) is 0 Å². The van der Waals surface area contributed by atoms with Crippen LogP contribution in [-0.4, -0.2) is 35.0 Å². The smallest absolute Gasteiger partial charge is 0.303 e. The first-order valence-corrected chi connectivity index (χ1v) is 8.92. The molecule has 0 aliphatic carbocycles. The molecule has 1 aliphatic rings. The van der Waals surface area contributed by atoms with Crippen molar-refractivity contribution >= 4 is 23.5 Å². The maximum Gasteiger partial charge on any atom is 0.303 e. The van der Waals surface area contributed by atoms with Crippen molar-refractivity contribution in [3.05, 3.63) is 28.8 Å². The second-order valence-corrected chi connectivity index (χ2v) is 7.92. The zero-order valence-corrected chi connectivity index (χ0v) is 16.2. The quantitative estimate of drug-likeness (QED) is 0.817. The number of carbonyl (C=O) groups is 3. The second kappa shape index (κ2) is 7.48. The number of rotatable bonds is 6. The Balaban J connectivity index is 2.10. The molecule has 26 heavy (non-hydrogen) atoms. The number of hydrogen-bond donors (Lipinski definition) is 2. The molecule has 0 bridgehead atoms. The first-order chi connectivity index (χ1) is 12.0. The lowest BCUT2D eigenvalue weighted by atomic mass is 9.96. The normalized spacial score (nSPS) is 17.5. The van der Waals surface area contributed by atoms with Crippen LogP contribution in [0.5, 0.6) is 0 Å². The van der Waals surface area contributed by atoms with Crippen molar-refractivity contribution in [1.82, 2.24) is 5.32 Å². The molecule has 1 heterocycles. The summed E-state index contributed by atoms with van der Waals surface area (Å²) in [5, 5.41) is 11.7. The summed E-state index contributed by atoms with van der Waals surface area (Å²) in [6, 6.07) is 4.08. The molecule has 0 aromatic heterocycles. The minimum absolute atomic E-state index is 0.00917. The van der Waals surface area contributed by atoms with Crippen LogP contribution in [-0.2, 0) is 14.4 Å². The summed E-state index contributed by atoms with van der Waals surface area (Å²) in [7, 11) is 0. The third-order valence-electron chi connectivity index (χ3n) is 4.83. The molecule has 1 fully saturated rings. The summed E-state index contributed by atoms with van der Waals surface area (Å²) < 4.78 is 0. The van der Waals surface area contributed by atoms with E-state index >= 15 is 0 Å². The molecule has 1 unspecified atom stereocenters. The summed E-state index contributed by atoms with van der Waals surface area (Å²) in [5.41, 5.74) is 3.46. The fourth-order valence-electron chi connectivity index (χ4n) is 3.61. The summed E-state index contributed by atoms with van der Waals surface area (Å²) in [6.45, 7) is 9.93. The van der Waals surface area contributed by atoms with Gasteiger partial charge in [0.15, 0.2) is 0 Å². The monoisotopic (exact) mass is 360 g/mol. The number of anilines is 1. The van der Waals surface area contributed by atoms with Crippen LogP contribution in [0.2, 0.25) is 0 Å². The Morgan fingerprint density at radius 2 is 1.81 bits per heavy atom. The number of amides is 2. The topological polar surface area (TPSA) is 86.7 Å². The van der Waals surface area contributed by atoms with E-state index in [-0.39, 0.29) is 24.7 Å². The van der Waals surface area contributed by atoms with Gasteiger partial charge in [-0.25, -0.2) is 0 Å². The summed E-state index contributed by atoms with van der Waals surface area (Å²) in [4.78, 5) is 37.6. The van der Waals surface area contributed by atoms with Crippen molar-refractivity contribution in [3.8, 4) is 0 Å². The number of aliphatic carboxylic acids is 1. The predicted octanol–water partition coefficient (Wildman–Crippen LogP) is 2.72. The van der Waals surface area contributed by atoms with Gasteiger partial charge in [0.05, 0.1) is 5.92 Å². The Morgan fingerprint density at radius 1 is 1.23 bits per heavy atom. The van der Waals surface area contributed by atoms with Gasteiger partial charge in [0.1, 0.15) is 0 Å². The van der Waals surface area contributed by atoms with Crippen LogP contribution in [0.15, 0.2) is 12.1 Å². The highest BCUT2D eigenvalue weighted by Crippen LogP contribution is 2.32. The van der Waals surface area contributed by atoms with E-state index in [1.54, 1.807) is 18.7 Å². The van der Waals surface area contributed by atoms with E-state index in [9.17, 15) is 14.4 Å². The molecule has 0 saturated carbocycles. The van der Waals surface area contributed by atoms with Gasteiger partial charge >= 0.3 is 5.97 Å². The van der Waals surface area contributed by atoms with Gasteiger partial charge in [-0.3, -0.25) is 14.4 Å². The van der Waals surface area contributed by atoms with Crippen LogP contribution in [0.4, 0.5) is 5.69 Å². The molecule has 2 N–H and O–H groups in total. The van der Waals surface area contributed by atoms with Gasteiger partial charge in [0.25, 0.3) is 0 Å². The standard InChI is InChI=1S/C20H28N2O4/c1-12-8-13(2)18(14(3)9-12)22-11-15(10-16(22)23)19(26)21-20(4,5)7-6-17(24)25/h8-9,15H,6-7,10-11H2,1-5H3,(H,21,26)(H,24,25). The number of hydrogen-bond acceptors (Lipinski definition) is 3. The van der Waals surface area contributed by atoms with Crippen molar-refractivity contribution in [2.24, 2.45) is 5.92 Å². The summed E-state index contributed by atoms with van der Waals surface area (Å²) in [5.74, 6) is -1.56. The third-order valence-corrected chi connectivity index (χ3v) is 4.83. The molecule has 142 valence electrons. The zero-order valence-electron chi connectivity index (χ0n) is 16.2. The Bertz CT molecular complexity index is 716. The molecule has 0 spiro atoms. The number of benzene rings is 1.